The minimum Gasteiger partial charge on any atom is -0.370 e. The summed E-state index contributed by atoms with van der Waals surface area (Å²) in [6, 6.07) is 7.17. The number of carbonyl (C=O) groups excluding carboxylic acids is 1. The van der Waals surface area contributed by atoms with Crippen molar-refractivity contribution in [1.82, 2.24) is 9.88 Å². The van der Waals surface area contributed by atoms with Crippen LogP contribution in [-0.4, -0.2) is 34.9 Å². The molecule has 1 fully saturated rings. The van der Waals surface area contributed by atoms with Gasteiger partial charge in [-0.25, -0.2) is 0 Å². The SMILES string of the molecule is CCCN1CC(CC(N)=O)CC2c3cccc4[nH]cc(c34)CC21. The van der Waals surface area contributed by atoms with E-state index in [1.165, 1.54) is 22.0 Å². The minimum absolute atomic E-state index is 0.166. The first kappa shape index (κ1) is 14.8. The van der Waals surface area contributed by atoms with Crippen molar-refractivity contribution in [1.29, 1.82) is 0 Å². The van der Waals surface area contributed by atoms with Crippen LogP contribution >= 0.6 is 0 Å². The van der Waals surface area contributed by atoms with Gasteiger partial charge in [-0.2, -0.15) is 0 Å². The van der Waals surface area contributed by atoms with E-state index in [9.17, 15) is 4.79 Å². The van der Waals surface area contributed by atoms with Crippen LogP contribution in [0.5, 0.6) is 0 Å². The number of aromatic amines is 1. The molecule has 0 saturated carbocycles. The van der Waals surface area contributed by atoms with E-state index >= 15 is 0 Å². The molecule has 23 heavy (non-hydrogen) atoms. The third-order valence-electron chi connectivity index (χ3n) is 5.66. The Morgan fingerprint density at radius 2 is 2.30 bits per heavy atom. The van der Waals surface area contributed by atoms with Crippen molar-refractivity contribution in [2.75, 3.05) is 13.1 Å². The summed E-state index contributed by atoms with van der Waals surface area (Å²) in [4.78, 5) is 17.5. The number of amides is 1. The van der Waals surface area contributed by atoms with Crippen LogP contribution in [0, 0.1) is 5.92 Å². The molecule has 3 atom stereocenters. The van der Waals surface area contributed by atoms with Crippen LogP contribution in [0.4, 0.5) is 0 Å². The van der Waals surface area contributed by atoms with Gasteiger partial charge < -0.3 is 10.7 Å². The summed E-state index contributed by atoms with van der Waals surface area (Å²) < 4.78 is 0. The quantitative estimate of drug-likeness (QED) is 0.912. The molecule has 1 aromatic heterocycles. The number of nitrogens with two attached hydrogens (primary N) is 1. The van der Waals surface area contributed by atoms with Gasteiger partial charge in [-0.3, -0.25) is 9.69 Å². The molecule has 122 valence electrons. The molecule has 1 aliphatic heterocycles. The molecule has 2 aliphatic rings. The number of rotatable bonds is 4. The highest BCUT2D eigenvalue weighted by Gasteiger charge is 2.40. The number of fused-ring (bicyclic) bond motifs is 2. The monoisotopic (exact) mass is 311 g/mol. The van der Waals surface area contributed by atoms with E-state index in [-0.39, 0.29) is 5.91 Å². The second kappa shape index (κ2) is 5.68. The van der Waals surface area contributed by atoms with Gasteiger partial charge in [0.1, 0.15) is 0 Å². The van der Waals surface area contributed by atoms with Crippen LogP contribution in [-0.2, 0) is 11.2 Å². The number of benzene rings is 1. The van der Waals surface area contributed by atoms with E-state index in [1.54, 1.807) is 0 Å². The van der Waals surface area contributed by atoms with Crippen molar-refractivity contribution in [3.05, 3.63) is 35.5 Å². The molecule has 0 bridgehead atoms. The molecule has 2 heterocycles. The number of H-pyrrole nitrogens is 1. The summed E-state index contributed by atoms with van der Waals surface area (Å²) in [5.41, 5.74) is 9.64. The zero-order chi connectivity index (χ0) is 16.0. The number of nitrogens with one attached hydrogen (secondary N) is 1. The van der Waals surface area contributed by atoms with Crippen molar-refractivity contribution in [3.8, 4) is 0 Å². The Balaban J connectivity index is 1.74. The zero-order valence-corrected chi connectivity index (χ0v) is 13.7. The molecule has 4 rings (SSSR count). The van der Waals surface area contributed by atoms with Gasteiger partial charge in [-0.05, 0) is 48.9 Å². The molecule has 3 N–H and O–H groups in total. The molecule has 3 unspecified atom stereocenters. The third kappa shape index (κ3) is 2.45. The Morgan fingerprint density at radius 3 is 3.09 bits per heavy atom. The molecule has 0 spiro atoms. The van der Waals surface area contributed by atoms with Crippen LogP contribution in [0.3, 0.4) is 0 Å². The van der Waals surface area contributed by atoms with E-state index in [0.29, 0.717) is 24.3 Å². The second-order valence-electron chi connectivity index (χ2n) is 7.23. The molecule has 4 heteroatoms. The Bertz CT molecular complexity index is 735. The number of hydrogen-bond acceptors (Lipinski definition) is 2. The van der Waals surface area contributed by atoms with E-state index < -0.39 is 0 Å². The van der Waals surface area contributed by atoms with Crippen molar-refractivity contribution < 1.29 is 4.79 Å². The van der Waals surface area contributed by atoms with E-state index in [1.807, 2.05) is 0 Å². The largest absolute Gasteiger partial charge is 0.370 e. The predicted molar refractivity (Wildman–Crippen MR) is 92.3 cm³/mol. The molecule has 1 aromatic carbocycles. The molecule has 1 saturated heterocycles. The van der Waals surface area contributed by atoms with Crippen molar-refractivity contribution in [2.24, 2.45) is 11.7 Å². The van der Waals surface area contributed by atoms with Gasteiger partial charge in [-0.1, -0.05) is 19.1 Å². The average Bonchev–Trinajstić information content (AvgIpc) is 2.93. The van der Waals surface area contributed by atoms with E-state index in [0.717, 1.165) is 32.4 Å². The minimum atomic E-state index is -0.166. The van der Waals surface area contributed by atoms with Gasteiger partial charge in [0.05, 0.1) is 0 Å². The topological polar surface area (TPSA) is 62.1 Å². The lowest BCUT2D eigenvalue weighted by atomic mass is 9.71. The molecular weight excluding hydrogens is 286 g/mol. The summed E-state index contributed by atoms with van der Waals surface area (Å²) in [7, 11) is 0. The maximum Gasteiger partial charge on any atom is 0.217 e. The Kier molecular flexibility index (Phi) is 3.64. The Morgan fingerprint density at radius 1 is 1.43 bits per heavy atom. The van der Waals surface area contributed by atoms with Crippen molar-refractivity contribution >= 4 is 16.8 Å². The number of carbonyl (C=O) groups is 1. The van der Waals surface area contributed by atoms with Gasteiger partial charge in [0.15, 0.2) is 0 Å². The maximum atomic E-state index is 11.4. The highest BCUT2D eigenvalue weighted by atomic mass is 16.1. The summed E-state index contributed by atoms with van der Waals surface area (Å²) in [5, 5.41) is 1.42. The molecule has 2 aromatic rings. The summed E-state index contributed by atoms with van der Waals surface area (Å²) in [6.07, 6.45) is 6.04. The maximum absolute atomic E-state index is 11.4. The van der Waals surface area contributed by atoms with Crippen molar-refractivity contribution in [3.63, 3.8) is 0 Å². The lowest BCUT2D eigenvalue weighted by Crippen LogP contribution is -2.50. The number of likely N-dealkylation sites (tertiary alicyclic amines) is 1. The highest BCUT2D eigenvalue weighted by Crippen LogP contribution is 2.45. The lowest BCUT2D eigenvalue weighted by Gasteiger charge is -2.47. The fraction of sp³-hybridized carbons (Fsp3) is 0.526. The summed E-state index contributed by atoms with van der Waals surface area (Å²) in [6.45, 7) is 4.35. The van der Waals surface area contributed by atoms with Crippen LogP contribution in [0.15, 0.2) is 24.4 Å². The first-order valence-electron chi connectivity index (χ1n) is 8.78. The Labute approximate surface area is 137 Å². The smallest absolute Gasteiger partial charge is 0.217 e. The number of nitrogens with zero attached hydrogens (tertiary/aromatic N) is 1. The lowest BCUT2D eigenvalue weighted by molar-refractivity contribution is -0.119. The van der Waals surface area contributed by atoms with Crippen molar-refractivity contribution in [2.45, 2.75) is 44.6 Å². The van der Waals surface area contributed by atoms with Crippen LogP contribution < -0.4 is 5.73 Å². The predicted octanol–water partition coefficient (Wildman–Crippen LogP) is 2.78. The average molecular weight is 311 g/mol. The molecule has 1 amide bonds. The number of primary amides is 1. The zero-order valence-electron chi connectivity index (χ0n) is 13.7. The number of aromatic nitrogens is 1. The molecule has 1 aliphatic carbocycles. The Hall–Kier alpha value is -1.81. The summed E-state index contributed by atoms with van der Waals surface area (Å²) in [5.74, 6) is 0.740. The van der Waals surface area contributed by atoms with Crippen LogP contribution in [0.25, 0.3) is 10.9 Å². The normalized spacial score (nSPS) is 27.1. The molecular formula is C19H25N3O. The first-order chi connectivity index (χ1) is 11.2. The first-order valence-corrected chi connectivity index (χ1v) is 8.78. The van der Waals surface area contributed by atoms with Gasteiger partial charge in [0.25, 0.3) is 0 Å². The van der Waals surface area contributed by atoms with Gasteiger partial charge in [0.2, 0.25) is 5.91 Å². The molecule has 0 radical (unpaired) electrons. The molecule has 4 nitrogen and oxygen atoms in total. The van der Waals surface area contributed by atoms with Crippen LogP contribution in [0.2, 0.25) is 0 Å². The van der Waals surface area contributed by atoms with Gasteiger partial charge in [-0.15, -0.1) is 0 Å². The van der Waals surface area contributed by atoms with Gasteiger partial charge in [0, 0.05) is 42.0 Å². The standard InChI is InChI=1S/C19H25N3O/c1-2-6-22-11-12(8-18(20)23)7-15-14-4-3-5-16-19(14)13(10-21-16)9-17(15)22/h3-5,10,12,15,17,21H,2,6-9,11H2,1H3,(H2,20,23). The van der Waals surface area contributed by atoms with E-state index in [4.69, 9.17) is 5.73 Å². The van der Waals surface area contributed by atoms with Crippen LogP contribution in [0.1, 0.15) is 43.2 Å². The van der Waals surface area contributed by atoms with Gasteiger partial charge >= 0.3 is 0 Å². The fourth-order valence-corrected chi connectivity index (χ4v) is 4.88. The van der Waals surface area contributed by atoms with E-state index in [2.05, 4.69) is 41.2 Å². The second-order valence-corrected chi connectivity index (χ2v) is 7.23. The third-order valence-corrected chi connectivity index (χ3v) is 5.66. The fourth-order valence-electron chi connectivity index (χ4n) is 4.88. The number of hydrogen-bond donors (Lipinski definition) is 2. The number of piperidine rings is 1. The summed E-state index contributed by atoms with van der Waals surface area (Å²) >= 11 is 0. The highest BCUT2D eigenvalue weighted by molar-refractivity contribution is 5.88.